The summed E-state index contributed by atoms with van der Waals surface area (Å²) >= 11 is 0. The lowest BCUT2D eigenvalue weighted by molar-refractivity contribution is -0.183. The molecule has 1 rings (SSSR count). The third-order valence-electron chi connectivity index (χ3n) is 4.20. The first-order chi connectivity index (χ1) is 10.8. The zero-order valence-electron chi connectivity index (χ0n) is 16.5. The van der Waals surface area contributed by atoms with Gasteiger partial charge < -0.3 is 14.4 Å². The van der Waals surface area contributed by atoms with Crippen LogP contribution >= 0.6 is 0 Å². The zero-order chi connectivity index (χ0) is 18.8. The molecule has 5 nitrogen and oxygen atoms in total. The van der Waals surface area contributed by atoms with Gasteiger partial charge in [0.05, 0.1) is 6.61 Å². The van der Waals surface area contributed by atoms with Gasteiger partial charge in [0.1, 0.15) is 5.60 Å². The molecule has 0 saturated carbocycles. The van der Waals surface area contributed by atoms with Crippen molar-refractivity contribution >= 4 is 15.0 Å². The molecule has 0 aromatic heterocycles. The molecular weight excluding hydrogens is 322 g/mol. The van der Waals surface area contributed by atoms with Gasteiger partial charge in [-0.15, -0.1) is 0 Å². The molecule has 1 saturated heterocycles. The molecule has 0 amide bonds. The third kappa shape index (κ3) is 5.41. The summed E-state index contributed by atoms with van der Waals surface area (Å²) in [5.41, 5.74) is -1.49. The van der Waals surface area contributed by atoms with Gasteiger partial charge in [0, 0.05) is 6.54 Å². The van der Waals surface area contributed by atoms with Gasteiger partial charge in [0.25, 0.3) is 0 Å². The van der Waals surface area contributed by atoms with Crippen LogP contribution in [0.5, 0.6) is 0 Å². The van der Waals surface area contributed by atoms with E-state index in [9.17, 15) is 9.90 Å². The minimum absolute atomic E-state index is 0.0525. The number of nitrogens with zero attached hydrogens (tertiary/aromatic N) is 1. The molecule has 1 heterocycles. The van der Waals surface area contributed by atoms with E-state index >= 15 is 0 Å². The lowest BCUT2D eigenvalue weighted by Crippen LogP contribution is -2.52. The van der Waals surface area contributed by atoms with E-state index < -0.39 is 20.2 Å². The van der Waals surface area contributed by atoms with E-state index in [0.717, 1.165) is 0 Å². The molecular formula is C18H35NO4Si. The van der Waals surface area contributed by atoms with E-state index in [1.54, 1.807) is 12.2 Å². The Morgan fingerprint density at radius 1 is 1.29 bits per heavy atom. The molecule has 0 aromatic carbocycles. The predicted octanol–water partition coefficient (Wildman–Crippen LogP) is 2.90. The third-order valence-corrected chi connectivity index (χ3v) is 4.88. The molecule has 2 atom stereocenters. The average molecular weight is 358 g/mol. The molecule has 1 aliphatic rings. The van der Waals surface area contributed by atoms with Gasteiger partial charge in [-0.1, -0.05) is 32.9 Å². The average Bonchev–Trinajstić information content (AvgIpc) is 2.73. The van der Waals surface area contributed by atoms with Crippen LogP contribution in [0.4, 0.5) is 0 Å². The lowest BCUT2D eigenvalue weighted by Gasteiger charge is -2.36. The summed E-state index contributed by atoms with van der Waals surface area (Å²) in [6, 6.07) is 0. The van der Waals surface area contributed by atoms with Gasteiger partial charge in [-0.25, -0.2) is 4.79 Å². The van der Waals surface area contributed by atoms with Gasteiger partial charge >= 0.3 is 5.97 Å². The van der Waals surface area contributed by atoms with E-state index in [0.29, 0.717) is 18.9 Å². The maximum Gasteiger partial charge on any atom is 0.333 e. The van der Waals surface area contributed by atoms with Crippen LogP contribution in [0.25, 0.3) is 0 Å². The zero-order valence-corrected chi connectivity index (χ0v) is 17.7. The van der Waals surface area contributed by atoms with Gasteiger partial charge in [0.15, 0.2) is 14.6 Å². The highest BCUT2D eigenvalue weighted by Gasteiger charge is 2.54. The number of rotatable bonds is 5. The number of aliphatic hydroxyl groups is 1. The van der Waals surface area contributed by atoms with Crippen molar-refractivity contribution in [3.05, 3.63) is 12.2 Å². The van der Waals surface area contributed by atoms with Gasteiger partial charge in [-0.3, -0.25) is 0 Å². The second kappa shape index (κ2) is 7.68. The number of aliphatic hydroxyl groups excluding tert-OH is 1. The maximum absolute atomic E-state index is 13.1. The first-order valence-corrected chi connectivity index (χ1v) is 11.6. The summed E-state index contributed by atoms with van der Waals surface area (Å²) in [6.45, 7) is 16.9. The Kier molecular flexibility index (Phi) is 6.83. The number of esters is 1. The molecule has 0 radical (unpaired) electrons. The topological polar surface area (TPSA) is 59.0 Å². The van der Waals surface area contributed by atoms with Crippen LogP contribution in [-0.4, -0.2) is 49.5 Å². The monoisotopic (exact) mass is 357 g/mol. The van der Waals surface area contributed by atoms with Crippen LogP contribution in [0.1, 0.15) is 48.0 Å². The number of hydroxylamine groups is 2. The summed E-state index contributed by atoms with van der Waals surface area (Å²) < 4.78 is 11.8. The summed E-state index contributed by atoms with van der Waals surface area (Å²) in [6.07, 6.45) is 4.01. The second-order valence-corrected chi connectivity index (χ2v) is 11.3. The second-order valence-electron chi connectivity index (χ2n) is 8.99. The molecule has 1 aliphatic heterocycles. The van der Waals surface area contributed by atoms with E-state index in [1.807, 2.05) is 25.8 Å². The first-order valence-electron chi connectivity index (χ1n) is 8.78. The molecule has 2 unspecified atom stereocenters. The Hall–Kier alpha value is -0.693. The standard InChI is InChI=1S/C18H35NO4Si/c1-16(2,3)14-12-18(10-9-11-20,15(21)22-17(4,5)6)19(13-14)23-24(7)8/h9-10,14,20,24H,11-13H2,1-8H3. The summed E-state index contributed by atoms with van der Waals surface area (Å²) in [4.78, 5) is 13.1. The van der Waals surface area contributed by atoms with E-state index in [-0.39, 0.29) is 18.0 Å². The fourth-order valence-corrected chi connectivity index (χ4v) is 3.68. The molecule has 0 aromatic rings. The van der Waals surface area contributed by atoms with Crippen molar-refractivity contribution in [1.29, 1.82) is 0 Å². The van der Waals surface area contributed by atoms with Crippen molar-refractivity contribution in [3.63, 3.8) is 0 Å². The lowest BCUT2D eigenvalue weighted by atomic mass is 9.77. The highest BCUT2D eigenvalue weighted by Crippen LogP contribution is 2.44. The van der Waals surface area contributed by atoms with Crippen molar-refractivity contribution in [2.24, 2.45) is 11.3 Å². The van der Waals surface area contributed by atoms with E-state index in [1.165, 1.54) is 0 Å². The predicted molar refractivity (Wildman–Crippen MR) is 99.0 cm³/mol. The fraction of sp³-hybridized carbons (Fsp3) is 0.833. The Balaban J connectivity index is 3.28. The van der Waals surface area contributed by atoms with Crippen LogP contribution in [-0.2, 0) is 14.1 Å². The number of hydrogen-bond acceptors (Lipinski definition) is 5. The minimum Gasteiger partial charge on any atom is -0.458 e. The van der Waals surface area contributed by atoms with Crippen LogP contribution < -0.4 is 0 Å². The van der Waals surface area contributed by atoms with Crippen molar-refractivity contribution in [2.45, 2.75) is 72.2 Å². The van der Waals surface area contributed by atoms with Gasteiger partial charge in [0.2, 0.25) is 0 Å². The van der Waals surface area contributed by atoms with Crippen LogP contribution in [0.3, 0.4) is 0 Å². The highest BCUT2D eigenvalue weighted by molar-refractivity contribution is 6.48. The van der Waals surface area contributed by atoms with Gasteiger partial charge in [-0.05, 0) is 51.6 Å². The molecule has 6 heteroatoms. The first kappa shape index (κ1) is 21.3. The normalized spacial score (nSPS) is 26.5. The van der Waals surface area contributed by atoms with Crippen molar-refractivity contribution < 1.29 is 19.2 Å². The maximum atomic E-state index is 13.1. The summed E-state index contributed by atoms with van der Waals surface area (Å²) in [7, 11) is -1.39. The van der Waals surface area contributed by atoms with E-state index in [4.69, 9.17) is 9.26 Å². The summed E-state index contributed by atoms with van der Waals surface area (Å²) in [5.74, 6) is -0.0118. The Bertz CT molecular complexity index is 465. The van der Waals surface area contributed by atoms with E-state index in [2.05, 4.69) is 33.9 Å². The molecule has 24 heavy (non-hydrogen) atoms. The number of ether oxygens (including phenoxy) is 1. The number of hydrogen-bond donors (Lipinski definition) is 1. The van der Waals surface area contributed by atoms with Crippen LogP contribution in [0, 0.1) is 11.3 Å². The Morgan fingerprint density at radius 3 is 2.29 bits per heavy atom. The fourth-order valence-electron chi connectivity index (χ4n) is 2.90. The molecule has 0 spiro atoms. The van der Waals surface area contributed by atoms with Gasteiger partial charge in [-0.2, -0.15) is 5.06 Å². The van der Waals surface area contributed by atoms with Crippen LogP contribution in [0.2, 0.25) is 13.1 Å². The van der Waals surface area contributed by atoms with Crippen LogP contribution in [0.15, 0.2) is 12.2 Å². The van der Waals surface area contributed by atoms with Crippen molar-refractivity contribution in [3.8, 4) is 0 Å². The molecule has 1 N–H and O–H groups in total. The smallest absolute Gasteiger partial charge is 0.333 e. The molecule has 140 valence electrons. The molecule has 0 bridgehead atoms. The van der Waals surface area contributed by atoms with Crippen molar-refractivity contribution in [1.82, 2.24) is 5.06 Å². The Morgan fingerprint density at radius 2 is 1.88 bits per heavy atom. The molecule has 1 fully saturated rings. The van der Waals surface area contributed by atoms with Crippen molar-refractivity contribution in [2.75, 3.05) is 13.2 Å². The summed E-state index contributed by atoms with van der Waals surface area (Å²) in [5, 5.41) is 11.1. The minimum atomic E-state index is -1.39. The Labute approximate surface area is 148 Å². The molecule has 0 aliphatic carbocycles. The largest absolute Gasteiger partial charge is 0.458 e. The quantitative estimate of drug-likeness (QED) is 0.466. The number of carbonyl (C=O) groups is 1. The number of carbonyl (C=O) groups excluding carboxylic acids is 1. The SMILES string of the molecule is C[SiH](C)ON1CC(C(C)(C)C)CC1(C=CCO)C(=O)OC(C)(C)C. The highest BCUT2D eigenvalue weighted by atomic mass is 28.3.